The molecule has 5 N–H and O–H groups in total. The van der Waals surface area contributed by atoms with Crippen LogP contribution in [0.2, 0.25) is 0 Å². The summed E-state index contributed by atoms with van der Waals surface area (Å²) >= 11 is 0. The van der Waals surface area contributed by atoms with Gasteiger partial charge in [0, 0.05) is 17.2 Å². The number of aromatic hydroxyl groups is 3. The van der Waals surface area contributed by atoms with Gasteiger partial charge < -0.3 is 20.3 Å². The van der Waals surface area contributed by atoms with Crippen molar-refractivity contribution in [1.29, 1.82) is 0 Å². The quantitative estimate of drug-likeness (QED) is 0.284. The van der Waals surface area contributed by atoms with Gasteiger partial charge in [0.25, 0.3) is 5.56 Å². The molecule has 0 aliphatic heterocycles. The summed E-state index contributed by atoms with van der Waals surface area (Å²) in [6, 6.07) is 11.8. The number of para-hydroxylation sites is 2. The van der Waals surface area contributed by atoms with E-state index in [4.69, 9.17) is 0 Å². The second kappa shape index (κ2) is 6.63. The Kier molecular flexibility index (Phi) is 4.01. The predicted molar refractivity (Wildman–Crippen MR) is 116 cm³/mol. The van der Waals surface area contributed by atoms with Crippen molar-refractivity contribution >= 4 is 22.1 Å². The van der Waals surface area contributed by atoms with E-state index < -0.39 is 17.2 Å². The first-order valence-electron chi connectivity index (χ1n) is 9.69. The number of nitrogens with zero attached hydrogens (tertiary/aromatic N) is 3. The summed E-state index contributed by atoms with van der Waals surface area (Å²) in [6.07, 6.45) is 0. The van der Waals surface area contributed by atoms with Gasteiger partial charge in [0.05, 0.1) is 22.1 Å². The minimum atomic E-state index is -0.639. The number of hydrogen-bond donors (Lipinski definition) is 5. The molecule has 31 heavy (non-hydrogen) atoms. The Labute approximate surface area is 175 Å². The number of H-pyrrole nitrogens is 2. The van der Waals surface area contributed by atoms with Crippen molar-refractivity contribution in [3.63, 3.8) is 0 Å². The number of benzene rings is 2. The van der Waals surface area contributed by atoms with Crippen molar-refractivity contribution in [2.24, 2.45) is 0 Å². The van der Waals surface area contributed by atoms with Gasteiger partial charge in [-0.2, -0.15) is 0 Å². The molecule has 3 heterocycles. The molecule has 0 saturated heterocycles. The van der Waals surface area contributed by atoms with Crippen molar-refractivity contribution in [2.75, 3.05) is 0 Å². The number of phenolic OH excluding ortho intramolecular Hbond substituents is 3. The van der Waals surface area contributed by atoms with Crippen LogP contribution in [0, 0.1) is 0 Å². The van der Waals surface area contributed by atoms with Crippen LogP contribution in [0.1, 0.15) is 19.9 Å². The summed E-state index contributed by atoms with van der Waals surface area (Å²) in [5.41, 5.74) is 2.66. The predicted octanol–water partition coefficient (Wildman–Crippen LogP) is 3.63. The summed E-state index contributed by atoms with van der Waals surface area (Å²) in [4.78, 5) is 25.3. The Hall–Kier alpha value is -4.27. The molecule has 0 aliphatic carbocycles. The number of phenols is 3. The fourth-order valence-electron chi connectivity index (χ4n) is 3.70. The van der Waals surface area contributed by atoms with Crippen molar-refractivity contribution in [1.82, 2.24) is 24.7 Å². The normalized spacial score (nSPS) is 11.7. The van der Waals surface area contributed by atoms with Crippen molar-refractivity contribution < 1.29 is 15.3 Å². The standard InChI is InChI=1S/C22H19N5O4/c1-10(2)27-21-17(22(31)26-27)12(20-23-13-5-3-4-6-14(13)24-20)9-15(25-21)11-7-8-16(28)19(30)18(11)29/h3-10,28-30H,1-2H3,(H,23,24)(H,26,31). The maximum Gasteiger partial charge on any atom is 0.274 e. The zero-order valence-corrected chi connectivity index (χ0v) is 16.7. The largest absolute Gasteiger partial charge is 0.504 e. The van der Waals surface area contributed by atoms with Crippen molar-refractivity contribution in [3.8, 4) is 39.9 Å². The molecule has 2 aromatic carbocycles. The number of aromatic nitrogens is 5. The van der Waals surface area contributed by atoms with E-state index in [-0.39, 0.29) is 17.2 Å². The number of pyridine rings is 1. The van der Waals surface area contributed by atoms with Crippen LogP contribution >= 0.6 is 0 Å². The third-order valence-electron chi connectivity index (χ3n) is 5.24. The number of hydrogen-bond acceptors (Lipinski definition) is 6. The van der Waals surface area contributed by atoms with Crippen LogP contribution in [0.5, 0.6) is 17.2 Å². The monoisotopic (exact) mass is 417 g/mol. The first-order valence-corrected chi connectivity index (χ1v) is 9.69. The van der Waals surface area contributed by atoms with Crippen LogP contribution in [0.25, 0.3) is 44.7 Å². The summed E-state index contributed by atoms with van der Waals surface area (Å²) < 4.78 is 1.64. The lowest BCUT2D eigenvalue weighted by Gasteiger charge is -2.11. The third-order valence-corrected chi connectivity index (χ3v) is 5.24. The molecular formula is C22H19N5O4. The molecule has 156 valence electrons. The van der Waals surface area contributed by atoms with Crippen molar-refractivity contribution in [3.05, 3.63) is 52.8 Å². The van der Waals surface area contributed by atoms with Gasteiger partial charge in [0.1, 0.15) is 5.82 Å². The smallest absolute Gasteiger partial charge is 0.274 e. The van der Waals surface area contributed by atoms with Gasteiger partial charge in [0.15, 0.2) is 17.1 Å². The molecule has 0 aliphatic rings. The lowest BCUT2D eigenvalue weighted by Crippen LogP contribution is -2.07. The Morgan fingerprint density at radius 1 is 0.968 bits per heavy atom. The van der Waals surface area contributed by atoms with Crippen LogP contribution in [-0.4, -0.2) is 40.1 Å². The first kappa shape index (κ1) is 18.7. The van der Waals surface area contributed by atoms with E-state index in [0.29, 0.717) is 28.1 Å². The lowest BCUT2D eigenvalue weighted by atomic mass is 10.0. The fourth-order valence-corrected chi connectivity index (χ4v) is 3.70. The third kappa shape index (κ3) is 2.82. The maximum absolute atomic E-state index is 12.8. The Morgan fingerprint density at radius 3 is 2.48 bits per heavy atom. The van der Waals surface area contributed by atoms with Gasteiger partial charge in [-0.1, -0.05) is 12.1 Å². The minimum Gasteiger partial charge on any atom is -0.504 e. The average molecular weight is 417 g/mol. The van der Waals surface area contributed by atoms with E-state index in [1.807, 2.05) is 38.1 Å². The summed E-state index contributed by atoms with van der Waals surface area (Å²) in [5, 5.41) is 33.3. The zero-order valence-electron chi connectivity index (χ0n) is 16.7. The van der Waals surface area contributed by atoms with Crippen molar-refractivity contribution in [2.45, 2.75) is 19.9 Å². The number of aromatic amines is 2. The molecule has 5 rings (SSSR count). The summed E-state index contributed by atoms with van der Waals surface area (Å²) in [7, 11) is 0. The Morgan fingerprint density at radius 2 is 1.74 bits per heavy atom. The molecule has 0 unspecified atom stereocenters. The summed E-state index contributed by atoms with van der Waals surface area (Å²) in [5.74, 6) is -1.11. The molecule has 0 fully saturated rings. The zero-order chi connectivity index (χ0) is 21.9. The van der Waals surface area contributed by atoms with E-state index in [2.05, 4.69) is 20.1 Å². The maximum atomic E-state index is 12.8. The number of fused-ring (bicyclic) bond motifs is 2. The van der Waals surface area contributed by atoms with Crippen LogP contribution in [0.3, 0.4) is 0 Å². The molecule has 0 radical (unpaired) electrons. The van der Waals surface area contributed by atoms with E-state index in [0.717, 1.165) is 11.0 Å². The fraction of sp³-hybridized carbons (Fsp3) is 0.136. The topological polar surface area (TPSA) is 140 Å². The van der Waals surface area contributed by atoms with Crippen LogP contribution in [0.4, 0.5) is 0 Å². The molecule has 0 saturated carbocycles. The molecule has 3 aromatic heterocycles. The van der Waals surface area contributed by atoms with E-state index in [1.54, 1.807) is 10.7 Å². The highest BCUT2D eigenvalue weighted by Gasteiger charge is 2.22. The molecular weight excluding hydrogens is 398 g/mol. The Bertz CT molecular complexity index is 1490. The molecule has 5 aromatic rings. The molecule has 0 atom stereocenters. The van der Waals surface area contributed by atoms with E-state index >= 15 is 0 Å². The van der Waals surface area contributed by atoms with Crippen LogP contribution in [-0.2, 0) is 0 Å². The van der Waals surface area contributed by atoms with Gasteiger partial charge in [0.2, 0.25) is 5.75 Å². The Balaban J connectivity index is 1.88. The molecule has 9 nitrogen and oxygen atoms in total. The van der Waals surface area contributed by atoms with E-state index in [1.165, 1.54) is 12.1 Å². The molecule has 9 heteroatoms. The average Bonchev–Trinajstić information content (AvgIpc) is 3.33. The highest BCUT2D eigenvalue weighted by atomic mass is 16.3. The second-order valence-corrected chi connectivity index (χ2v) is 7.59. The van der Waals surface area contributed by atoms with Gasteiger partial charge in [-0.05, 0) is 44.2 Å². The van der Waals surface area contributed by atoms with Gasteiger partial charge in [-0.15, -0.1) is 0 Å². The van der Waals surface area contributed by atoms with Gasteiger partial charge in [-0.3, -0.25) is 14.6 Å². The minimum absolute atomic E-state index is 0.0849. The van der Waals surface area contributed by atoms with Gasteiger partial charge >= 0.3 is 0 Å². The van der Waals surface area contributed by atoms with Crippen LogP contribution in [0.15, 0.2) is 47.3 Å². The summed E-state index contributed by atoms with van der Waals surface area (Å²) in [6.45, 7) is 3.82. The highest BCUT2D eigenvalue weighted by molar-refractivity contribution is 5.95. The highest BCUT2D eigenvalue weighted by Crippen LogP contribution is 2.42. The molecule has 0 spiro atoms. The lowest BCUT2D eigenvalue weighted by molar-refractivity contribution is 0.369. The number of rotatable bonds is 3. The second-order valence-electron chi connectivity index (χ2n) is 7.59. The van der Waals surface area contributed by atoms with Crippen LogP contribution < -0.4 is 5.56 Å². The number of nitrogens with one attached hydrogen (secondary N) is 2. The molecule has 0 amide bonds. The van der Waals surface area contributed by atoms with E-state index in [9.17, 15) is 20.1 Å². The molecule has 0 bridgehead atoms. The first-order chi connectivity index (χ1) is 14.8. The number of imidazole rings is 1. The van der Waals surface area contributed by atoms with Gasteiger partial charge in [-0.25, -0.2) is 9.97 Å². The SMILES string of the molecule is CC(C)n1[nH]c(=O)c2c(-c3nc4ccccc4[nH]3)cc(-c3ccc(O)c(O)c3O)nc21.